The van der Waals surface area contributed by atoms with Crippen molar-refractivity contribution in [1.29, 1.82) is 0 Å². The van der Waals surface area contributed by atoms with Crippen LogP contribution in [0.5, 0.6) is 0 Å². The van der Waals surface area contributed by atoms with E-state index in [0.717, 1.165) is 6.54 Å². The molecule has 2 aliphatic rings. The summed E-state index contributed by atoms with van der Waals surface area (Å²) in [6, 6.07) is 7.26. The molecule has 29 heavy (non-hydrogen) atoms. The molecule has 4 heterocycles. The predicted molar refractivity (Wildman–Crippen MR) is 120 cm³/mol. The number of amides is 1. The normalized spacial score (nSPS) is 23.7. The van der Waals surface area contributed by atoms with Crippen LogP contribution in [0.4, 0.5) is 0 Å². The van der Waals surface area contributed by atoms with Gasteiger partial charge in [0.05, 0.1) is 12.5 Å². The van der Waals surface area contributed by atoms with Crippen molar-refractivity contribution in [3.63, 3.8) is 0 Å². The molecule has 5 heteroatoms. The van der Waals surface area contributed by atoms with Gasteiger partial charge in [0, 0.05) is 31.0 Å². The molecule has 0 radical (unpaired) electrons. The van der Waals surface area contributed by atoms with E-state index in [0.29, 0.717) is 18.4 Å². The third kappa shape index (κ3) is 4.77. The van der Waals surface area contributed by atoms with Crippen LogP contribution in [0.2, 0.25) is 0 Å². The van der Waals surface area contributed by atoms with Crippen molar-refractivity contribution >= 4 is 17.2 Å². The molecule has 0 aromatic carbocycles. The van der Waals surface area contributed by atoms with E-state index in [2.05, 4.69) is 57.4 Å². The highest BCUT2D eigenvalue weighted by molar-refractivity contribution is 7.08. The Labute approximate surface area is 179 Å². The minimum Gasteiger partial charge on any atom is -0.346 e. The number of aromatic nitrogens is 1. The van der Waals surface area contributed by atoms with E-state index in [9.17, 15) is 4.79 Å². The minimum atomic E-state index is 0.0857. The second-order valence-electron chi connectivity index (χ2n) is 9.05. The Kier molecular flexibility index (Phi) is 6.76. The topological polar surface area (TPSA) is 28.5 Å². The average molecular weight is 414 g/mol. The lowest BCUT2D eigenvalue weighted by Gasteiger charge is -2.46. The SMILES string of the molecule is CC(C)N(CC1CCCN2CCCCC12)C(=O)CC(c1ccsc1)n1cccc1. The molecule has 158 valence electrons. The summed E-state index contributed by atoms with van der Waals surface area (Å²) >= 11 is 1.70. The molecule has 0 saturated carbocycles. The van der Waals surface area contributed by atoms with E-state index >= 15 is 0 Å². The third-order valence-corrected chi connectivity index (χ3v) is 7.59. The molecule has 2 aromatic heterocycles. The first-order valence-corrected chi connectivity index (χ1v) is 12.3. The minimum absolute atomic E-state index is 0.0857. The fraction of sp³-hybridized carbons (Fsp3) is 0.625. The number of nitrogens with zero attached hydrogens (tertiary/aromatic N) is 3. The Bertz CT molecular complexity index is 719. The summed E-state index contributed by atoms with van der Waals surface area (Å²) < 4.78 is 2.18. The Morgan fingerprint density at radius 2 is 1.97 bits per heavy atom. The number of hydrogen-bond donors (Lipinski definition) is 0. The first-order chi connectivity index (χ1) is 14.1. The standard InChI is InChI=1S/C24H35N3OS/c1-19(2)27(17-20-8-7-14-25-11-4-3-9-22(20)25)24(28)16-23(21-10-15-29-18-21)26-12-5-6-13-26/h5-6,10,12-13,15,18-20,22-23H,3-4,7-9,11,14,16-17H2,1-2H3. The van der Waals surface area contributed by atoms with Gasteiger partial charge in [-0.1, -0.05) is 6.42 Å². The maximum absolute atomic E-state index is 13.5. The van der Waals surface area contributed by atoms with Crippen LogP contribution in [0.3, 0.4) is 0 Å². The summed E-state index contributed by atoms with van der Waals surface area (Å²) in [7, 11) is 0. The van der Waals surface area contributed by atoms with Crippen molar-refractivity contribution in [2.24, 2.45) is 5.92 Å². The molecule has 4 rings (SSSR count). The van der Waals surface area contributed by atoms with Crippen LogP contribution >= 0.6 is 11.3 Å². The Morgan fingerprint density at radius 1 is 1.17 bits per heavy atom. The number of carbonyl (C=O) groups is 1. The summed E-state index contributed by atoms with van der Waals surface area (Å²) in [5.74, 6) is 0.916. The molecule has 0 aliphatic carbocycles. The largest absolute Gasteiger partial charge is 0.346 e. The van der Waals surface area contributed by atoms with E-state index in [1.807, 2.05) is 12.1 Å². The zero-order valence-electron chi connectivity index (χ0n) is 17.9. The van der Waals surface area contributed by atoms with Crippen molar-refractivity contribution in [1.82, 2.24) is 14.4 Å². The van der Waals surface area contributed by atoms with Gasteiger partial charge >= 0.3 is 0 Å². The molecule has 2 aromatic rings. The number of fused-ring (bicyclic) bond motifs is 1. The molecule has 3 atom stereocenters. The molecule has 0 spiro atoms. The molecule has 2 fully saturated rings. The van der Waals surface area contributed by atoms with Gasteiger partial charge in [0.15, 0.2) is 0 Å². The van der Waals surface area contributed by atoms with Crippen molar-refractivity contribution in [3.8, 4) is 0 Å². The van der Waals surface area contributed by atoms with Crippen molar-refractivity contribution in [2.75, 3.05) is 19.6 Å². The molecule has 3 unspecified atom stereocenters. The number of rotatable bonds is 7. The number of piperidine rings is 2. The third-order valence-electron chi connectivity index (χ3n) is 6.89. The van der Waals surface area contributed by atoms with Gasteiger partial charge in [-0.3, -0.25) is 4.79 Å². The van der Waals surface area contributed by atoms with Crippen LogP contribution < -0.4 is 0 Å². The summed E-state index contributed by atoms with van der Waals surface area (Å²) in [6.07, 6.45) is 11.2. The van der Waals surface area contributed by atoms with Gasteiger partial charge in [-0.2, -0.15) is 11.3 Å². The lowest BCUT2D eigenvalue weighted by molar-refractivity contribution is -0.135. The highest BCUT2D eigenvalue weighted by Gasteiger charge is 2.35. The van der Waals surface area contributed by atoms with Gasteiger partial charge in [0.2, 0.25) is 5.91 Å². The highest BCUT2D eigenvalue weighted by Crippen LogP contribution is 2.32. The number of hydrogen-bond acceptors (Lipinski definition) is 3. The Morgan fingerprint density at radius 3 is 2.69 bits per heavy atom. The smallest absolute Gasteiger partial charge is 0.225 e. The van der Waals surface area contributed by atoms with E-state index in [4.69, 9.17) is 0 Å². The first-order valence-electron chi connectivity index (χ1n) is 11.3. The lowest BCUT2D eigenvalue weighted by atomic mass is 9.83. The first kappa shape index (κ1) is 20.7. The lowest BCUT2D eigenvalue weighted by Crippen LogP contribution is -2.52. The summed E-state index contributed by atoms with van der Waals surface area (Å²) in [5.41, 5.74) is 1.24. The monoisotopic (exact) mass is 413 g/mol. The molecule has 0 bridgehead atoms. The summed E-state index contributed by atoms with van der Waals surface area (Å²) in [5, 5.41) is 4.29. The molecule has 4 nitrogen and oxygen atoms in total. The molecule has 2 saturated heterocycles. The van der Waals surface area contributed by atoms with Crippen molar-refractivity contribution in [3.05, 3.63) is 46.9 Å². The zero-order chi connectivity index (χ0) is 20.2. The number of thiophene rings is 1. The Balaban J connectivity index is 1.48. The van der Waals surface area contributed by atoms with Crippen LogP contribution in [-0.4, -0.2) is 52.0 Å². The fourth-order valence-corrected chi connectivity index (χ4v) is 6.05. The quantitative estimate of drug-likeness (QED) is 0.637. The number of carbonyl (C=O) groups excluding carboxylic acids is 1. The highest BCUT2D eigenvalue weighted by atomic mass is 32.1. The van der Waals surface area contributed by atoms with E-state index < -0.39 is 0 Å². The zero-order valence-corrected chi connectivity index (χ0v) is 18.7. The molecule has 2 aliphatic heterocycles. The van der Waals surface area contributed by atoms with Crippen molar-refractivity contribution in [2.45, 2.75) is 70.5 Å². The molecular weight excluding hydrogens is 378 g/mol. The van der Waals surface area contributed by atoms with Gasteiger partial charge in [-0.05, 0) is 93.1 Å². The van der Waals surface area contributed by atoms with E-state index in [1.54, 1.807) is 11.3 Å². The van der Waals surface area contributed by atoms with Crippen LogP contribution in [0, 0.1) is 5.92 Å². The van der Waals surface area contributed by atoms with Crippen LogP contribution in [0.1, 0.15) is 64.0 Å². The van der Waals surface area contributed by atoms with Crippen LogP contribution in [0.25, 0.3) is 0 Å². The van der Waals surface area contributed by atoms with Gasteiger partial charge < -0.3 is 14.4 Å². The van der Waals surface area contributed by atoms with Crippen LogP contribution in [0.15, 0.2) is 41.4 Å². The second kappa shape index (κ2) is 9.48. The van der Waals surface area contributed by atoms with E-state index in [1.165, 1.54) is 50.8 Å². The predicted octanol–water partition coefficient (Wildman–Crippen LogP) is 5.03. The van der Waals surface area contributed by atoms with Crippen molar-refractivity contribution < 1.29 is 4.79 Å². The maximum atomic E-state index is 13.5. The fourth-order valence-electron chi connectivity index (χ4n) is 5.34. The van der Waals surface area contributed by atoms with Gasteiger partial charge in [0.1, 0.15) is 0 Å². The summed E-state index contributed by atoms with van der Waals surface area (Å²) in [4.78, 5) is 18.4. The second-order valence-corrected chi connectivity index (χ2v) is 9.83. The summed E-state index contributed by atoms with van der Waals surface area (Å²) in [6.45, 7) is 7.78. The van der Waals surface area contributed by atoms with Gasteiger partial charge in [-0.15, -0.1) is 0 Å². The average Bonchev–Trinajstić information content (AvgIpc) is 3.44. The van der Waals surface area contributed by atoms with E-state index in [-0.39, 0.29) is 18.0 Å². The maximum Gasteiger partial charge on any atom is 0.225 e. The Hall–Kier alpha value is -1.59. The van der Waals surface area contributed by atoms with Gasteiger partial charge in [-0.25, -0.2) is 0 Å². The van der Waals surface area contributed by atoms with Crippen LogP contribution in [-0.2, 0) is 4.79 Å². The molecule has 0 N–H and O–H groups in total. The van der Waals surface area contributed by atoms with Gasteiger partial charge in [0.25, 0.3) is 0 Å². The molecular formula is C24H35N3OS. The molecule has 1 amide bonds.